The molecule has 0 aromatic heterocycles. The Kier molecular flexibility index (Phi) is 7.58. The van der Waals surface area contributed by atoms with Gasteiger partial charge in [0, 0.05) is 31.8 Å². The number of halogens is 1. The summed E-state index contributed by atoms with van der Waals surface area (Å²) in [4.78, 5) is 16.0. The zero-order chi connectivity index (χ0) is 19.9. The molecule has 0 atom stereocenters. The molecule has 9 heteroatoms. The van der Waals surface area contributed by atoms with Crippen molar-refractivity contribution in [1.29, 1.82) is 0 Å². The van der Waals surface area contributed by atoms with Crippen LogP contribution in [-0.2, 0) is 26.9 Å². The summed E-state index contributed by atoms with van der Waals surface area (Å²) < 4.78 is 36.7. The number of carbonyl (C=O) groups excluding carboxylic acids is 1. The first-order valence-corrected chi connectivity index (χ1v) is 11.1. The van der Waals surface area contributed by atoms with Gasteiger partial charge in [-0.05, 0) is 43.0 Å². The van der Waals surface area contributed by atoms with Crippen LogP contribution in [0.2, 0.25) is 0 Å². The number of hydrogen-bond donors (Lipinski definition) is 3. The summed E-state index contributed by atoms with van der Waals surface area (Å²) in [6.45, 7) is 3.69. The van der Waals surface area contributed by atoms with Crippen molar-refractivity contribution in [2.45, 2.75) is 32.1 Å². The van der Waals surface area contributed by atoms with Gasteiger partial charge in [-0.3, -0.25) is 4.79 Å². The number of benzene rings is 1. The van der Waals surface area contributed by atoms with Gasteiger partial charge in [-0.25, -0.2) is 17.8 Å². The van der Waals surface area contributed by atoms with E-state index in [1.54, 1.807) is 0 Å². The highest BCUT2D eigenvalue weighted by molar-refractivity contribution is 7.89. The minimum Gasteiger partial charge on any atom is -0.357 e. The quantitative estimate of drug-likeness (QED) is 0.327. The zero-order valence-electron chi connectivity index (χ0n) is 15.7. The number of guanidine groups is 1. The van der Waals surface area contributed by atoms with E-state index in [0.29, 0.717) is 36.7 Å². The SMILES string of the molecule is CCNC(=NCc1cc(F)ccc1CS(C)(=O)=O)NCCNC(=O)C1CC1. The second-order valence-electron chi connectivity index (χ2n) is 6.67. The molecule has 1 aromatic carbocycles. The van der Waals surface area contributed by atoms with Gasteiger partial charge in [-0.1, -0.05) is 6.07 Å². The van der Waals surface area contributed by atoms with Crippen LogP contribution in [0.4, 0.5) is 4.39 Å². The molecule has 0 unspecified atom stereocenters. The lowest BCUT2D eigenvalue weighted by Gasteiger charge is -2.13. The van der Waals surface area contributed by atoms with Crippen LogP contribution in [0.3, 0.4) is 0 Å². The molecule has 0 radical (unpaired) electrons. The lowest BCUT2D eigenvalue weighted by Crippen LogP contribution is -2.41. The van der Waals surface area contributed by atoms with Crippen molar-refractivity contribution in [3.8, 4) is 0 Å². The van der Waals surface area contributed by atoms with E-state index in [1.807, 2.05) is 6.92 Å². The third-order valence-electron chi connectivity index (χ3n) is 4.00. The maximum atomic E-state index is 13.6. The first kappa shape index (κ1) is 21.1. The van der Waals surface area contributed by atoms with Gasteiger partial charge in [0.1, 0.15) is 5.82 Å². The largest absolute Gasteiger partial charge is 0.357 e. The molecule has 1 aromatic rings. The van der Waals surface area contributed by atoms with Crippen molar-refractivity contribution in [3.05, 3.63) is 35.1 Å². The fourth-order valence-corrected chi connectivity index (χ4v) is 3.37. The van der Waals surface area contributed by atoms with Crippen LogP contribution in [0.5, 0.6) is 0 Å². The molecule has 1 fully saturated rings. The van der Waals surface area contributed by atoms with E-state index in [2.05, 4.69) is 20.9 Å². The summed E-state index contributed by atoms with van der Waals surface area (Å²) in [5.74, 6) is 0.193. The first-order valence-electron chi connectivity index (χ1n) is 9.03. The Labute approximate surface area is 159 Å². The van der Waals surface area contributed by atoms with Crippen LogP contribution in [-0.4, -0.2) is 46.2 Å². The van der Waals surface area contributed by atoms with E-state index < -0.39 is 15.7 Å². The van der Waals surface area contributed by atoms with E-state index in [9.17, 15) is 17.6 Å². The van der Waals surface area contributed by atoms with Crippen LogP contribution in [0.15, 0.2) is 23.2 Å². The molecule has 0 heterocycles. The third kappa shape index (κ3) is 7.94. The normalized spacial score (nSPS) is 14.7. The Morgan fingerprint density at radius 1 is 1.19 bits per heavy atom. The van der Waals surface area contributed by atoms with Gasteiger partial charge in [0.2, 0.25) is 5.91 Å². The predicted octanol–water partition coefficient (Wildman–Crippen LogP) is 0.952. The van der Waals surface area contributed by atoms with Crippen LogP contribution in [0, 0.1) is 11.7 Å². The number of amides is 1. The van der Waals surface area contributed by atoms with E-state index in [1.165, 1.54) is 18.2 Å². The molecule has 150 valence electrons. The number of hydrogen-bond acceptors (Lipinski definition) is 4. The van der Waals surface area contributed by atoms with Gasteiger partial charge in [0.15, 0.2) is 15.8 Å². The maximum Gasteiger partial charge on any atom is 0.223 e. The smallest absolute Gasteiger partial charge is 0.223 e. The lowest BCUT2D eigenvalue weighted by molar-refractivity contribution is -0.122. The van der Waals surface area contributed by atoms with Gasteiger partial charge in [-0.2, -0.15) is 0 Å². The molecular weight excluding hydrogens is 371 g/mol. The van der Waals surface area contributed by atoms with E-state index in [4.69, 9.17) is 0 Å². The number of carbonyl (C=O) groups is 1. The predicted molar refractivity (Wildman–Crippen MR) is 103 cm³/mol. The highest BCUT2D eigenvalue weighted by atomic mass is 32.2. The first-order chi connectivity index (χ1) is 12.8. The minimum atomic E-state index is -3.23. The molecule has 0 spiro atoms. The van der Waals surface area contributed by atoms with Crippen LogP contribution >= 0.6 is 0 Å². The number of nitrogens with zero attached hydrogens (tertiary/aromatic N) is 1. The van der Waals surface area contributed by atoms with E-state index >= 15 is 0 Å². The molecule has 7 nitrogen and oxygen atoms in total. The maximum absolute atomic E-state index is 13.6. The summed E-state index contributed by atoms with van der Waals surface area (Å²) in [6, 6.07) is 4.04. The Bertz CT molecular complexity index is 792. The van der Waals surface area contributed by atoms with Gasteiger partial charge in [-0.15, -0.1) is 0 Å². The van der Waals surface area contributed by atoms with Crippen molar-refractivity contribution in [1.82, 2.24) is 16.0 Å². The van der Waals surface area contributed by atoms with Crippen molar-refractivity contribution < 1.29 is 17.6 Å². The van der Waals surface area contributed by atoms with Crippen molar-refractivity contribution >= 4 is 21.7 Å². The van der Waals surface area contributed by atoms with Crippen molar-refractivity contribution in [2.24, 2.45) is 10.9 Å². The van der Waals surface area contributed by atoms with Crippen LogP contribution < -0.4 is 16.0 Å². The summed E-state index contributed by atoms with van der Waals surface area (Å²) in [7, 11) is -3.23. The summed E-state index contributed by atoms with van der Waals surface area (Å²) in [6.07, 6.45) is 3.07. The second-order valence-corrected chi connectivity index (χ2v) is 8.81. The lowest BCUT2D eigenvalue weighted by atomic mass is 10.1. The second kappa shape index (κ2) is 9.68. The third-order valence-corrected chi connectivity index (χ3v) is 4.84. The fraction of sp³-hybridized carbons (Fsp3) is 0.556. The highest BCUT2D eigenvalue weighted by Gasteiger charge is 2.28. The van der Waals surface area contributed by atoms with E-state index in [0.717, 1.165) is 19.1 Å². The zero-order valence-corrected chi connectivity index (χ0v) is 16.5. The Morgan fingerprint density at radius 2 is 1.89 bits per heavy atom. The topological polar surface area (TPSA) is 99.7 Å². The molecule has 3 N–H and O–H groups in total. The van der Waals surface area contributed by atoms with Crippen LogP contribution in [0.25, 0.3) is 0 Å². The molecule has 1 saturated carbocycles. The Balaban J connectivity index is 1.96. The number of nitrogens with one attached hydrogen (secondary N) is 3. The average molecular weight is 399 g/mol. The molecule has 1 aliphatic carbocycles. The molecule has 1 amide bonds. The highest BCUT2D eigenvalue weighted by Crippen LogP contribution is 2.28. The average Bonchev–Trinajstić information content (AvgIpc) is 3.42. The van der Waals surface area contributed by atoms with E-state index in [-0.39, 0.29) is 24.1 Å². The van der Waals surface area contributed by atoms with Crippen molar-refractivity contribution in [2.75, 3.05) is 25.9 Å². The molecule has 0 bridgehead atoms. The number of rotatable bonds is 9. The van der Waals surface area contributed by atoms with Crippen LogP contribution in [0.1, 0.15) is 30.9 Å². The van der Waals surface area contributed by atoms with Gasteiger partial charge in [0.05, 0.1) is 12.3 Å². The Morgan fingerprint density at radius 3 is 2.52 bits per heavy atom. The molecule has 1 aliphatic rings. The van der Waals surface area contributed by atoms with Gasteiger partial charge in [0.25, 0.3) is 0 Å². The number of sulfone groups is 1. The number of aliphatic imine (C=N–C) groups is 1. The molecule has 2 rings (SSSR count). The molecular formula is C18H27FN4O3S. The van der Waals surface area contributed by atoms with Crippen molar-refractivity contribution in [3.63, 3.8) is 0 Å². The minimum absolute atomic E-state index is 0.0870. The standard InChI is InChI=1S/C18H27FN4O3S/c1-3-20-18(22-9-8-21-17(24)13-4-5-13)23-11-15-10-16(19)7-6-14(15)12-27(2,25)26/h6-7,10,13H,3-5,8-9,11-12H2,1-2H3,(H,21,24)(H2,20,22,23). The summed E-state index contributed by atoms with van der Waals surface area (Å²) in [5, 5.41) is 9.03. The summed E-state index contributed by atoms with van der Waals surface area (Å²) >= 11 is 0. The summed E-state index contributed by atoms with van der Waals surface area (Å²) in [5.41, 5.74) is 1.06. The molecule has 0 saturated heterocycles. The van der Waals surface area contributed by atoms with Gasteiger partial charge < -0.3 is 16.0 Å². The molecule has 27 heavy (non-hydrogen) atoms. The van der Waals surface area contributed by atoms with Gasteiger partial charge >= 0.3 is 0 Å². The monoisotopic (exact) mass is 398 g/mol. The Hall–Kier alpha value is -2.16. The fourth-order valence-electron chi connectivity index (χ4n) is 2.53. The molecule has 0 aliphatic heterocycles.